The lowest BCUT2D eigenvalue weighted by atomic mass is 9.90. The summed E-state index contributed by atoms with van der Waals surface area (Å²) in [4.78, 5) is 5.28. The van der Waals surface area contributed by atoms with Crippen LogP contribution >= 0.6 is 0 Å². The van der Waals surface area contributed by atoms with Crippen LogP contribution in [0.4, 0.5) is 0 Å². The molecule has 2 aliphatic heterocycles. The number of hydrogen-bond acceptors (Lipinski definition) is 3. The predicted octanol–water partition coefficient (Wildman–Crippen LogP) is 6.57. The summed E-state index contributed by atoms with van der Waals surface area (Å²) < 4.78 is 0. The van der Waals surface area contributed by atoms with Gasteiger partial charge in [0.05, 0.1) is 0 Å². The molecule has 3 heteroatoms. The molecule has 5 rings (SSSR count). The minimum absolute atomic E-state index is 0.420. The van der Waals surface area contributed by atoms with Gasteiger partial charge < -0.3 is 10.2 Å². The van der Waals surface area contributed by atoms with Crippen LogP contribution < -0.4 is 5.32 Å². The maximum atomic E-state index is 3.77. The molecule has 2 saturated heterocycles. The third kappa shape index (κ3) is 6.98. The number of rotatable bonds is 10. The van der Waals surface area contributed by atoms with Crippen LogP contribution in [0.15, 0.2) is 90.5 Å². The number of nitrogens with one attached hydrogen (secondary N) is 1. The van der Waals surface area contributed by atoms with Crippen molar-refractivity contribution in [2.45, 2.75) is 51.1 Å². The minimum atomic E-state index is 0.420. The largest absolute Gasteiger partial charge is 0.311 e. The van der Waals surface area contributed by atoms with Crippen molar-refractivity contribution in [3.8, 4) is 0 Å². The number of hydrogen-bond donors (Lipinski definition) is 1. The summed E-state index contributed by atoms with van der Waals surface area (Å²) >= 11 is 0. The van der Waals surface area contributed by atoms with Crippen molar-refractivity contribution in [1.82, 2.24) is 15.1 Å². The van der Waals surface area contributed by atoms with Crippen LogP contribution in [0, 0.1) is 0 Å². The molecule has 2 aliphatic rings. The van der Waals surface area contributed by atoms with Crippen molar-refractivity contribution in [1.29, 1.82) is 0 Å². The highest BCUT2D eigenvalue weighted by atomic mass is 15.2. The number of likely N-dealkylation sites (N-methyl/N-ethyl adjacent to an activating group) is 1. The van der Waals surface area contributed by atoms with Gasteiger partial charge in [0, 0.05) is 44.7 Å². The van der Waals surface area contributed by atoms with Crippen molar-refractivity contribution in [3.05, 3.63) is 113 Å². The van der Waals surface area contributed by atoms with Crippen molar-refractivity contribution in [2.75, 3.05) is 39.3 Å². The molecule has 0 aromatic heterocycles. The van der Waals surface area contributed by atoms with E-state index in [1.807, 2.05) is 0 Å². The zero-order valence-corrected chi connectivity index (χ0v) is 22.5. The van der Waals surface area contributed by atoms with E-state index in [-0.39, 0.29) is 0 Å². The summed E-state index contributed by atoms with van der Waals surface area (Å²) in [6.07, 6.45) is 7.47. The average molecular weight is 494 g/mol. The summed E-state index contributed by atoms with van der Waals surface area (Å²) in [6, 6.07) is 31.7. The summed E-state index contributed by atoms with van der Waals surface area (Å²) in [5, 5.41) is 3.77. The standard InChI is InChI=1S/C34H43N3/c1-2-37-21-11-18-33(37)26-35-25-32-17-10-9-16-31(32)24-28-19-22-36(23-20-28)27-34(29-12-5-3-6-13-29)30-14-7-4-8-15-30/h3-10,12-17,24,33-35H,2,11,18-23,25-27H2,1H3. The molecule has 1 unspecified atom stereocenters. The maximum absolute atomic E-state index is 3.77. The van der Waals surface area contributed by atoms with Gasteiger partial charge in [-0.1, -0.05) is 104 Å². The molecular formula is C34H43N3. The first-order valence-electron chi connectivity index (χ1n) is 14.3. The SMILES string of the molecule is CCN1CCCC1CNCc1ccccc1C=C1CCN(CC(c2ccccc2)c2ccccc2)CC1. The van der Waals surface area contributed by atoms with Crippen molar-refractivity contribution < 1.29 is 0 Å². The van der Waals surface area contributed by atoms with Crippen molar-refractivity contribution in [2.24, 2.45) is 0 Å². The third-order valence-corrected chi connectivity index (χ3v) is 8.36. The first-order chi connectivity index (χ1) is 18.3. The van der Waals surface area contributed by atoms with Gasteiger partial charge in [-0.3, -0.25) is 4.90 Å². The van der Waals surface area contributed by atoms with Gasteiger partial charge in [0.25, 0.3) is 0 Å². The Morgan fingerprint density at radius 3 is 2.16 bits per heavy atom. The number of piperidine rings is 1. The van der Waals surface area contributed by atoms with E-state index < -0.39 is 0 Å². The van der Waals surface area contributed by atoms with E-state index in [0.29, 0.717) is 12.0 Å². The Morgan fingerprint density at radius 1 is 0.838 bits per heavy atom. The second-order valence-corrected chi connectivity index (χ2v) is 10.7. The van der Waals surface area contributed by atoms with Crippen LogP contribution in [-0.2, 0) is 6.54 Å². The lowest BCUT2D eigenvalue weighted by Gasteiger charge is -2.32. The van der Waals surface area contributed by atoms with Gasteiger partial charge in [-0.25, -0.2) is 0 Å². The second-order valence-electron chi connectivity index (χ2n) is 10.7. The van der Waals surface area contributed by atoms with E-state index in [2.05, 4.69) is 113 Å². The van der Waals surface area contributed by atoms with E-state index >= 15 is 0 Å². The molecule has 0 bridgehead atoms. The summed E-state index contributed by atoms with van der Waals surface area (Å²) in [5.74, 6) is 0.420. The van der Waals surface area contributed by atoms with E-state index in [1.54, 1.807) is 5.57 Å². The maximum Gasteiger partial charge on any atom is 0.0221 e. The molecule has 2 fully saturated rings. The molecule has 0 amide bonds. The Labute approximate surface area is 224 Å². The van der Waals surface area contributed by atoms with Crippen LogP contribution in [0.3, 0.4) is 0 Å². The number of nitrogens with zero attached hydrogens (tertiary/aromatic N) is 2. The first-order valence-corrected chi connectivity index (χ1v) is 14.3. The average Bonchev–Trinajstić information content (AvgIpc) is 3.42. The van der Waals surface area contributed by atoms with Gasteiger partial charge in [-0.05, 0) is 61.0 Å². The van der Waals surface area contributed by atoms with Gasteiger partial charge in [-0.15, -0.1) is 0 Å². The van der Waals surface area contributed by atoms with Gasteiger partial charge >= 0.3 is 0 Å². The molecule has 0 spiro atoms. The van der Waals surface area contributed by atoms with E-state index in [0.717, 1.165) is 45.6 Å². The smallest absolute Gasteiger partial charge is 0.0221 e. The third-order valence-electron chi connectivity index (χ3n) is 8.36. The van der Waals surface area contributed by atoms with Gasteiger partial charge in [-0.2, -0.15) is 0 Å². The zero-order chi connectivity index (χ0) is 25.3. The minimum Gasteiger partial charge on any atom is -0.311 e. The van der Waals surface area contributed by atoms with Crippen LogP contribution in [0.2, 0.25) is 0 Å². The molecule has 194 valence electrons. The molecule has 0 aliphatic carbocycles. The highest BCUT2D eigenvalue weighted by Crippen LogP contribution is 2.28. The monoisotopic (exact) mass is 493 g/mol. The molecular weight excluding hydrogens is 450 g/mol. The summed E-state index contributed by atoms with van der Waals surface area (Å²) in [5.41, 5.74) is 7.23. The van der Waals surface area contributed by atoms with Crippen LogP contribution in [0.25, 0.3) is 6.08 Å². The Hall–Kier alpha value is -2.72. The van der Waals surface area contributed by atoms with E-state index in [4.69, 9.17) is 0 Å². The topological polar surface area (TPSA) is 18.5 Å². The van der Waals surface area contributed by atoms with Crippen LogP contribution in [-0.4, -0.2) is 55.1 Å². The van der Waals surface area contributed by atoms with Crippen LogP contribution in [0.5, 0.6) is 0 Å². The highest BCUT2D eigenvalue weighted by molar-refractivity contribution is 5.57. The Kier molecular flexibility index (Phi) is 9.23. The molecule has 1 atom stereocenters. The van der Waals surface area contributed by atoms with E-state index in [1.165, 1.54) is 48.2 Å². The highest BCUT2D eigenvalue weighted by Gasteiger charge is 2.23. The first kappa shape index (κ1) is 25.9. The summed E-state index contributed by atoms with van der Waals surface area (Å²) in [6.45, 7) is 10.1. The Balaban J connectivity index is 1.18. The Bertz CT molecular complexity index is 1070. The lowest BCUT2D eigenvalue weighted by molar-refractivity contribution is 0.249. The molecule has 1 N–H and O–H groups in total. The fourth-order valence-corrected chi connectivity index (χ4v) is 6.17. The normalized spacial score (nSPS) is 19.0. The molecule has 0 radical (unpaired) electrons. The zero-order valence-electron chi connectivity index (χ0n) is 22.5. The van der Waals surface area contributed by atoms with Crippen LogP contribution in [0.1, 0.15) is 60.8 Å². The lowest BCUT2D eigenvalue weighted by Crippen LogP contribution is -2.37. The van der Waals surface area contributed by atoms with Gasteiger partial charge in [0.1, 0.15) is 0 Å². The van der Waals surface area contributed by atoms with Gasteiger partial charge in [0.2, 0.25) is 0 Å². The molecule has 3 aromatic carbocycles. The number of benzene rings is 3. The number of likely N-dealkylation sites (tertiary alicyclic amines) is 2. The molecule has 2 heterocycles. The quantitative estimate of drug-likeness (QED) is 0.344. The van der Waals surface area contributed by atoms with Crippen molar-refractivity contribution >= 4 is 6.08 Å². The van der Waals surface area contributed by atoms with E-state index in [9.17, 15) is 0 Å². The second kappa shape index (κ2) is 13.2. The predicted molar refractivity (Wildman–Crippen MR) is 157 cm³/mol. The fourth-order valence-electron chi connectivity index (χ4n) is 6.17. The fraction of sp³-hybridized carbons (Fsp3) is 0.412. The molecule has 3 aromatic rings. The molecule has 37 heavy (non-hydrogen) atoms. The molecule has 0 saturated carbocycles. The Morgan fingerprint density at radius 2 is 1.49 bits per heavy atom. The van der Waals surface area contributed by atoms with Gasteiger partial charge in [0.15, 0.2) is 0 Å². The molecule has 3 nitrogen and oxygen atoms in total. The summed E-state index contributed by atoms with van der Waals surface area (Å²) in [7, 11) is 0. The van der Waals surface area contributed by atoms with Crippen molar-refractivity contribution in [3.63, 3.8) is 0 Å².